The summed E-state index contributed by atoms with van der Waals surface area (Å²) in [4.78, 5) is 10.8. The molecule has 0 bridgehead atoms. The van der Waals surface area contributed by atoms with E-state index in [0.717, 1.165) is 12.8 Å². The lowest BCUT2D eigenvalue weighted by Crippen LogP contribution is -2.26. The van der Waals surface area contributed by atoms with Gasteiger partial charge in [-0.15, -0.1) is 12.4 Å². The van der Waals surface area contributed by atoms with Gasteiger partial charge in [-0.3, -0.25) is 4.79 Å². The minimum Gasteiger partial charge on any atom is -0.469 e. The van der Waals surface area contributed by atoms with Crippen molar-refractivity contribution >= 4 is 18.4 Å². The molecule has 0 unspecified atom stereocenters. The third kappa shape index (κ3) is 1.41. The topological polar surface area (TPSA) is 52.3 Å². The smallest absolute Gasteiger partial charge is 0.313 e. The van der Waals surface area contributed by atoms with Crippen LogP contribution in [0.2, 0.25) is 0 Å². The van der Waals surface area contributed by atoms with Crippen molar-refractivity contribution in [1.29, 1.82) is 0 Å². The summed E-state index contributed by atoms with van der Waals surface area (Å²) < 4.78 is 4.55. The van der Waals surface area contributed by atoms with Gasteiger partial charge in [0.15, 0.2) is 0 Å². The highest BCUT2D eigenvalue weighted by Crippen LogP contribution is 2.45. The Kier molecular flexibility index (Phi) is 3.12. The van der Waals surface area contributed by atoms with Gasteiger partial charge in [0.25, 0.3) is 0 Å². The van der Waals surface area contributed by atoms with Crippen LogP contribution in [-0.4, -0.2) is 19.6 Å². The molecule has 0 heterocycles. The molecular weight excluding hydrogens is 154 g/mol. The Labute approximate surface area is 66.3 Å². The number of nitrogens with two attached hydrogens (primary N) is 1. The fourth-order valence-corrected chi connectivity index (χ4v) is 0.859. The van der Waals surface area contributed by atoms with Crippen LogP contribution in [-0.2, 0) is 9.53 Å². The number of hydrogen-bond donors (Lipinski definition) is 1. The molecule has 60 valence electrons. The zero-order chi connectivity index (χ0) is 6.91. The van der Waals surface area contributed by atoms with Crippen LogP contribution in [0, 0.1) is 5.41 Å². The van der Waals surface area contributed by atoms with Crippen LogP contribution < -0.4 is 5.73 Å². The van der Waals surface area contributed by atoms with E-state index in [9.17, 15) is 4.79 Å². The third-order valence-corrected chi connectivity index (χ3v) is 1.86. The minimum absolute atomic E-state index is 0. The first-order valence-electron chi connectivity index (χ1n) is 3.04. The molecule has 2 N–H and O–H groups in total. The number of halogens is 1. The number of methoxy groups -OCH3 is 1. The highest BCUT2D eigenvalue weighted by atomic mass is 35.5. The Morgan fingerprint density at radius 3 is 2.30 bits per heavy atom. The summed E-state index contributed by atoms with van der Waals surface area (Å²) in [5, 5.41) is 0. The van der Waals surface area contributed by atoms with Crippen LogP contribution >= 0.6 is 12.4 Å². The second-order valence-corrected chi connectivity index (χ2v) is 2.48. The molecule has 0 amide bonds. The standard InChI is InChI=1S/C6H11NO2.ClH/c1-9-5(8)6(4-7)2-3-6;/h2-4,7H2,1H3;1H. The Morgan fingerprint density at radius 2 is 2.20 bits per heavy atom. The van der Waals surface area contributed by atoms with Gasteiger partial charge in [-0.2, -0.15) is 0 Å². The van der Waals surface area contributed by atoms with Crippen LogP contribution in [0.25, 0.3) is 0 Å². The molecule has 0 spiro atoms. The maximum atomic E-state index is 10.8. The van der Waals surface area contributed by atoms with Crippen LogP contribution in [0.3, 0.4) is 0 Å². The van der Waals surface area contributed by atoms with E-state index in [0.29, 0.717) is 6.54 Å². The van der Waals surface area contributed by atoms with Crippen molar-refractivity contribution < 1.29 is 9.53 Å². The normalized spacial score (nSPS) is 19.0. The zero-order valence-corrected chi connectivity index (χ0v) is 6.74. The fraction of sp³-hybridized carbons (Fsp3) is 0.833. The lowest BCUT2D eigenvalue weighted by Gasteiger charge is -2.07. The van der Waals surface area contributed by atoms with Crippen molar-refractivity contribution in [2.45, 2.75) is 12.8 Å². The lowest BCUT2D eigenvalue weighted by atomic mass is 10.1. The van der Waals surface area contributed by atoms with E-state index < -0.39 is 0 Å². The molecule has 0 radical (unpaired) electrons. The molecular formula is C6H12ClNO2. The molecule has 0 aromatic rings. The van der Waals surface area contributed by atoms with Crippen molar-refractivity contribution in [3.63, 3.8) is 0 Å². The van der Waals surface area contributed by atoms with Gasteiger partial charge in [-0.1, -0.05) is 0 Å². The molecule has 0 aromatic heterocycles. The molecule has 10 heavy (non-hydrogen) atoms. The van der Waals surface area contributed by atoms with Crippen LogP contribution in [0.1, 0.15) is 12.8 Å². The van der Waals surface area contributed by atoms with Crippen molar-refractivity contribution in [3.8, 4) is 0 Å². The van der Waals surface area contributed by atoms with Gasteiger partial charge in [0.05, 0.1) is 12.5 Å². The van der Waals surface area contributed by atoms with Crippen molar-refractivity contribution in [2.24, 2.45) is 11.1 Å². The van der Waals surface area contributed by atoms with Crippen LogP contribution in [0.4, 0.5) is 0 Å². The second-order valence-electron chi connectivity index (χ2n) is 2.48. The maximum absolute atomic E-state index is 10.8. The number of hydrogen-bond acceptors (Lipinski definition) is 3. The molecule has 1 rings (SSSR count). The average Bonchev–Trinajstić information content (AvgIpc) is 2.66. The van der Waals surface area contributed by atoms with Gasteiger partial charge in [0.1, 0.15) is 0 Å². The molecule has 1 fully saturated rings. The van der Waals surface area contributed by atoms with Gasteiger partial charge < -0.3 is 10.5 Å². The van der Waals surface area contributed by atoms with Gasteiger partial charge >= 0.3 is 5.97 Å². The minimum atomic E-state index is -0.283. The summed E-state index contributed by atoms with van der Waals surface area (Å²) in [5.41, 5.74) is 5.06. The first kappa shape index (κ1) is 9.72. The molecule has 4 heteroatoms. The van der Waals surface area contributed by atoms with E-state index in [1.165, 1.54) is 7.11 Å². The number of rotatable bonds is 2. The number of carbonyl (C=O) groups is 1. The van der Waals surface area contributed by atoms with E-state index in [1.807, 2.05) is 0 Å². The fourth-order valence-electron chi connectivity index (χ4n) is 0.859. The summed E-state index contributed by atoms with van der Waals surface area (Å²) >= 11 is 0. The highest BCUT2D eigenvalue weighted by molar-refractivity contribution is 5.85. The van der Waals surface area contributed by atoms with Gasteiger partial charge in [0.2, 0.25) is 0 Å². The van der Waals surface area contributed by atoms with E-state index >= 15 is 0 Å². The lowest BCUT2D eigenvalue weighted by molar-refractivity contribution is -0.146. The van der Waals surface area contributed by atoms with Gasteiger partial charge in [-0.05, 0) is 12.8 Å². The molecule has 3 nitrogen and oxygen atoms in total. The predicted octanol–water partition coefficient (Wildman–Crippen LogP) is 0.320. The maximum Gasteiger partial charge on any atom is 0.313 e. The summed E-state index contributed by atoms with van der Waals surface area (Å²) in [5.74, 6) is -0.148. The number of carbonyl (C=O) groups excluding carboxylic acids is 1. The van der Waals surface area contributed by atoms with Crippen molar-refractivity contribution in [2.75, 3.05) is 13.7 Å². The van der Waals surface area contributed by atoms with Crippen LogP contribution in [0.5, 0.6) is 0 Å². The molecule has 1 aliphatic rings. The molecule has 0 aliphatic heterocycles. The predicted molar refractivity (Wildman–Crippen MR) is 40.0 cm³/mol. The quantitative estimate of drug-likeness (QED) is 0.600. The Hall–Kier alpha value is -0.280. The number of esters is 1. The van der Waals surface area contributed by atoms with E-state index in [4.69, 9.17) is 5.73 Å². The van der Waals surface area contributed by atoms with Crippen molar-refractivity contribution in [1.82, 2.24) is 0 Å². The van der Waals surface area contributed by atoms with Crippen molar-refractivity contribution in [3.05, 3.63) is 0 Å². The zero-order valence-electron chi connectivity index (χ0n) is 5.92. The molecule has 0 atom stereocenters. The summed E-state index contributed by atoms with van der Waals surface area (Å²) in [7, 11) is 1.40. The number of ether oxygens (including phenoxy) is 1. The Morgan fingerprint density at radius 1 is 1.70 bits per heavy atom. The Balaban J connectivity index is 0.000000810. The monoisotopic (exact) mass is 165 g/mol. The first-order chi connectivity index (χ1) is 4.25. The molecule has 0 aromatic carbocycles. The molecule has 0 saturated heterocycles. The first-order valence-corrected chi connectivity index (χ1v) is 3.04. The largest absolute Gasteiger partial charge is 0.469 e. The summed E-state index contributed by atoms with van der Waals surface area (Å²) in [6.07, 6.45) is 1.80. The van der Waals surface area contributed by atoms with Gasteiger partial charge in [-0.25, -0.2) is 0 Å². The summed E-state index contributed by atoms with van der Waals surface area (Å²) in [6.45, 7) is 0.430. The van der Waals surface area contributed by atoms with Gasteiger partial charge in [0, 0.05) is 6.54 Å². The summed E-state index contributed by atoms with van der Waals surface area (Å²) in [6, 6.07) is 0. The SMILES string of the molecule is COC(=O)C1(CN)CC1.Cl. The average molecular weight is 166 g/mol. The Bertz CT molecular complexity index is 134. The van der Waals surface area contributed by atoms with E-state index in [2.05, 4.69) is 4.74 Å². The molecule has 1 saturated carbocycles. The van der Waals surface area contributed by atoms with E-state index in [1.54, 1.807) is 0 Å². The third-order valence-electron chi connectivity index (χ3n) is 1.86. The highest BCUT2D eigenvalue weighted by Gasteiger charge is 2.49. The second kappa shape index (κ2) is 3.21. The van der Waals surface area contributed by atoms with E-state index in [-0.39, 0.29) is 23.8 Å². The van der Waals surface area contributed by atoms with Crippen LogP contribution in [0.15, 0.2) is 0 Å². The molecule has 1 aliphatic carbocycles.